The zero-order valence-electron chi connectivity index (χ0n) is 18.0. The van der Waals surface area contributed by atoms with Crippen molar-refractivity contribution in [3.8, 4) is 5.75 Å². The second-order valence-corrected chi connectivity index (χ2v) is 8.20. The van der Waals surface area contributed by atoms with Gasteiger partial charge in [-0.05, 0) is 48.4 Å². The fourth-order valence-corrected chi connectivity index (χ4v) is 4.68. The van der Waals surface area contributed by atoms with Crippen LogP contribution in [-0.2, 0) is 9.53 Å². The smallest absolute Gasteiger partial charge is 0.338 e. The number of thiazole rings is 1. The van der Waals surface area contributed by atoms with E-state index >= 15 is 0 Å². The van der Waals surface area contributed by atoms with Crippen molar-refractivity contribution in [1.29, 1.82) is 0 Å². The zero-order chi connectivity index (χ0) is 23.7. The Kier molecular flexibility index (Phi) is 5.93. The Hall–Kier alpha value is -4.05. The van der Waals surface area contributed by atoms with Gasteiger partial charge in [0, 0.05) is 12.1 Å². The molecular weight excluding hydrogens is 446 g/mol. The highest BCUT2D eigenvalue weighted by Gasteiger charge is 2.33. The first-order valence-electron chi connectivity index (χ1n) is 9.83. The van der Waals surface area contributed by atoms with Gasteiger partial charge in [0.2, 0.25) is 0 Å². The molecule has 168 valence electrons. The molecule has 2 heterocycles. The summed E-state index contributed by atoms with van der Waals surface area (Å²) in [5, 5.41) is 10.9. The number of hydrogen-bond acceptors (Lipinski definition) is 8. The number of nitro groups is 1. The Balaban J connectivity index is 1.90. The monoisotopic (exact) mass is 465 g/mol. The molecule has 0 amide bonds. The lowest BCUT2D eigenvalue weighted by atomic mass is 9.96. The first-order chi connectivity index (χ1) is 15.8. The van der Waals surface area contributed by atoms with Crippen LogP contribution in [0.5, 0.6) is 5.75 Å². The van der Waals surface area contributed by atoms with Crippen LogP contribution in [0.2, 0.25) is 0 Å². The van der Waals surface area contributed by atoms with E-state index in [2.05, 4.69) is 4.99 Å². The van der Waals surface area contributed by atoms with Gasteiger partial charge in [-0.3, -0.25) is 19.5 Å². The molecule has 10 heteroatoms. The normalized spacial score (nSPS) is 15.6. The second-order valence-electron chi connectivity index (χ2n) is 7.20. The van der Waals surface area contributed by atoms with Gasteiger partial charge in [-0.25, -0.2) is 9.79 Å². The summed E-state index contributed by atoms with van der Waals surface area (Å²) in [7, 11) is 2.84. The zero-order valence-corrected chi connectivity index (χ0v) is 18.8. The maximum atomic E-state index is 13.4. The van der Waals surface area contributed by atoms with Crippen LogP contribution in [0.3, 0.4) is 0 Å². The number of ether oxygens (including phenoxy) is 2. The van der Waals surface area contributed by atoms with E-state index in [0.29, 0.717) is 31.9 Å². The summed E-state index contributed by atoms with van der Waals surface area (Å²) in [5.41, 5.74) is 1.71. The third-order valence-electron chi connectivity index (χ3n) is 5.26. The minimum absolute atomic E-state index is 0.0357. The largest absolute Gasteiger partial charge is 0.497 e. The predicted molar refractivity (Wildman–Crippen MR) is 122 cm³/mol. The van der Waals surface area contributed by atoms with Crippen LogP contribution in [0.25, 0.3) is 6.08 Å². The number of benzene rings is 2. The topological polar surface area (TPSA) is 113 Å². The molecule has 0 saturated heterocycles. The molecule has 0 N–H and O–H groups in total. The number of esters is 1. The lowest BCUT2D eigenvalue weighted by Crippen LogP contribution is -2.39. The van der Waals surface area contributed by atoms with Crippen molar-refractivity contribution in [2.45, 2.75) is 13.0 Å². The molecule has 0 aliphatic carbocycles. The van der Waals surface area contributed by atoms with Gasteiger partial charge in [0.1, 0.15) is 5.75 Å². The molecule has 0 fully saturated rings. The van der Waals surface area contributed by atoms with Gasteiger partial charge in [-0.1, -0.05) is 23.5 Å². The van der Waals surface area contributed by atoms with Crippen molar-refractivity contribution >= 4 is 29.1 Å². The van der Waals surface area contributed by atoms with E-state index in [1.165, 1.54) is 35.1 Å². The number of nitro benzene ring substituents is 1. The van der Waals surface area contributed by atoms with Crippen molar-refractivity contribution in [3.63, 3.8) is 0 Å². The molecule has 1 aliphatic rings. The van der Waals surface area contributed by atoms with Gasteiger partial charge in [-0.2, -0.15) is 0 Å². The second kappa shape index (κ2) is 8.83. The Morgan fingerprint density at radius 3 is 2.39 bits per heavy atom. The van der Waals surface area contributed by atoms with Crippen LogP contribution in [0.1, 0.15) is 24.1 Å². The van der Waals surface area contributed by atoms with Crippen LogP contribution < -0.4 is 19.6 Å². The molecule has 1 aliphatic heterocycles. The molecule has 3 aromatic rings. The van der Waals surface area contributed by atoms with Crippen LogP contribution in [0.4, 0.5) is 5.69 Å². The summed E-state index contributed by atoms with van der Waals surface area (Å²) in [6.45, 7) is 1.70. The highest BCUT2D eigenvalue weighted by Crippen LogP contribution is 2.31. The fraction of sp³-hybridized carbons (Fsp3) is 0.174. The van der Waals surface area contributed by atoms with Gasteiger partial charge in [0.15, 0.2) is 4.80 Å². The number of carbonyl (C=O) groups excluding carboxylic acids is 1. The molecule has 0 saturated carbocycles. The average Bonchev–Trinajstić information content (AvgIpc) is 3.12. The quantitative estimate of drug-likeness (QED) is 0.325. The average molecular weight is 465 g/mol. The molecular formula is C23H19N3O6S. The summed E-state index contributed by atoms with van der Waals surface area (Å²) in [5.74, 6) is 0.0753. The Morgan fingerprint density at radius 1 is 1.15 bits per heavy atom. The van der Waals surface area contributed by atoms with Gasteiger partial charge in [-0.15, -0.1) is 0 Å². The van der Waals surface area contributed by atoms with E-state index in [9.17, 15) is 19.7 Å². The van der Waals surface area contributed by atoms with Gasteiger partial charge < -0.3 is 9.47 Å². The van der Waals surface area contributed by atoms with Gasteiger partial charge in [0.05, 0.1) is 41.0 Å². The highest BCUT2D eigenvalue weighted by atomic mass is 32.1. The van der Waals surface area contributed by atoms with E-state index in [1.54, 1.807) is 56.5 Å². The maximum absolute atomic E-state index is 13.4. The number of fused-ring (bicyclic) bond motifs is 1. The SMILES string of the molecule is COC(=O)C1=C(C)N=c2s/c(=C/c3ccc([N+](=O)[O-])cc3)c(=O)n2[C@@H]1c1ccc(OC)cc1. The van der Waals surface area contributed by atoms with E-state index in [0.717, 1.165) is 0 Å². The minimum atomic E-state index is -0.724. The van der Waals surface area contributed by atoms with E-state index in [4.69, 9.17) is 9.47 Å². The molecule has 0 radical (unpaired) electrons. The first-order valence-corrected chi connectivity index (χ1v) is 10.6. The van der Waals surface area contributed by atoms with E-state index < -0.39 is 16.9 Å². The summed E-state index contributed by atoms with van der Waals surface area (Å²) in [6.07, 6.45) is 1.65. The third-order valence-corrected chi connectivity index (χ3v) is 6.24. The van der Waals surface area contributed by atoms with Crippen LogP contribution >= 0.6 is 11.3 Å². The molecule has 4 rings (SSSR count). The molecule has 2 aromatic carbocycles. The summed E-state index contributed by atoms with van der Waals surface area (Å²) in [4.78, 5) is 41.4. The Morgan fingerprint density at radius 2 is 1.82 bits per heavy atom. The molecule has 0 spiro atoms. The number of rotatable bonds is 5. The number of non-ortho nitro benzene ring substituents is 1. The first kappa shape index (κ1) is 22.2. The lowest BCUT2D eigenvalue weighted by molar-refractivity contribution is -0.384. The Labute approximate surface area is 191 Å². The standard InChI is InChI=1S/C23H19N3O6S/c1-13-19(22(28)32-3)20(15-6-10-17(31-2)11-7-15)25-21(27)18(33-23(25)24-13)12-14-4-8-16(9-5-14)26(29)30/h4-12,20H,1-3H3/b18-12+/t20-/m1/s1. The fourth-order valence-electron chi connectivity index (χ4n) is 3.64. The van der Waals surface area contributed by atoms with E-state index in [1.807, 2.05) is 0 Å². The minimum Gasteiger partial charge on any atom is -0.497 e. The number of hydrogen-bond donors (Lipinski definition) is 0. The van der Waals surface area contributed by atoms with Gasteiger partial charge in [0.25, 0.3) is 11.2 Å². The summed E-state index contributed by atoms with van der Waals surface area (Å²) in [6, 6.07) is 12.3. The number of allylic oxidation sites excluding steroid dienone is 1. The third kappa shape index (κ3) is 4.08. The number of nitrogens with zero attached hydrogens (tertiary/aromatic N) is 3. The van der Waals surface area contributed by atoms with E-state index in [-0.39, 0.29) is 16.8 Å². The maximum Gasteiger partial charge on any atom is 0.338 e. The van der Waals surface area contributed by atoms with Crippen molar-refractivity contribution in [3.05, 3.63) is 101 Å². The van der Waals surface area contributed by atoms with Crippen LogP contribution in [-0.4, -0.2) is 29.7 Å². The molecule has 33 heavy (non-hydrogen) atoms. The van der Waals surface area contributed by atoms with Crippen molar-refractivity contribution < 1.29 is 19.2 Å². The predicted octanol–water partition coefficient (Wildman–Crippen LogP) is 2.33. The molecule has 1 aromatic heterocycles. The summed E-state index contributed by atoms with van der Waals surface area (Å²) < 4.78 is 12.1. The number of aromatic nitrogens is 1. The van der Waals surface area contributed by atoms with Crippen LogP contribution in [0, 0.1) is 10.1 Å². The molecule has 0 unspecified atom stereocenters. The lowest BCUT2D eigenvalue weighted by Gasteiger charge is -2.24. The molecule has 1 atom stereocenters. The van der Waals surface area contributed by atoms with Gasteiger partial charge >= 0.3 is 5.97 Å². The highest BCUT2D eigenvalue weighted by molar-refractivity contribution is 7.07. The van der Waals surface area contributed by atoms with Crippen LogP contribution in [0.15, 0.2) is 69.6 Å². The summed E-state index contributed by atoms with van der Waals surface area (Å²) >= 11 is 1.18. The molecule has 9 nitrogen and oxygen atoms in total. The number of carbonyl (C=O) groups is 1. The van der Waals surface area contributed by atoms with Crippen molar-refractivity contribution in [1.82, 2.24) is 4.57 Å². The van der Waals surface area contributed by atoms with Crippen molar-refractivity contribution in [2.24, 2.45) is 4.99 Å². The van der Waals surface area contributed by atoms with Crippen molar-refractivity contribution in [2.75, 3.05) is 14.2 Å². The molecule has 0 bridgehead atoms. The number of methoxy groups -OCH3 is 2. The Bertz CT molecular complexity index is 1450.